The molecule has 90 valence electrons. The number of benzene rings is 1. The highest BCUT2D eigenvalue weighted by atomic mass is 16.5. The van der Waals surface area contributed by atoms with Crippen LogP contribution in [0.5, 0.6) is 5.75 Å². The number of rotatable bonds is 5. The van der Waals surface area contributed by atoms with Crippen LogP contribution < -0.4 is 10.5 Å². The highest BCUT2D eigenvalue weighted by Gasteiger charge is 2.06. The van der Waals surface area contributed by atoms with E-state index in [-0.39, 0.29) is 0 Å². The van der Waals surface area contributed by atoms with Crippen LogP contribution in [-0.4, -0.2) is 23.5 Å². The molecule has 0 aliphatic rings. The number of nitrogens with two attached hydrogens (primary N) is 1. The van der Waals surface area contributed by atoms with Gasteiger partial charge in [0.2, 0.25) is 0 Å². The molecule has 0 aromatic heterocycles. The molecule has 1 rings (SSSR count). The van der Waals surface area contributed by atoms with Gasteiger partial charge in [0.15, 0.2) is 5.78 Å². The number of hydrogen-bond acceptors (Lipinski definition) is 4. The monoisotopic (exact) mass is 235 g/mol. The molecule has 0 fully saturated rings. The van der Waals surface area contributed by atoms with Gasteiger partial charge in [-0.1, -0.05) is 0 Å². The quantitative estimate of drug-likeness (QED) is 0.458. The Kier molecular flexibility index (Phi) is 4.28. The first-order valence-corrected chi connectivity index (χ1v) is 5.02. The van der Waals surface area contributed by atoms with E-state index < -0.39 is 11.8 Å². The van der Waals surface area contributed by atoms with Crippen molar-refractivity contribution in [2.45, 2.75) is 6.92 Å². The lowest BCUT2D eigenvalue weighted by Crippen LogP contribution is -2.01. The van der Waals surface area contributed by atoms with Gasteiger partial charge in [0.1, 0.15) is 5.75 Å². The van der Waals surface area contributed by atoms with Gasteiger partial charge in [-0.15, -0.1) is 0 Å². The van der Waals surface area contributed by atoms with Crippen molar-refractivity contribution in [3.05, 3.63) is 35.9 Å². The lowest BCUT2D eigenvalue weighted by Gasteiger charge is -2.07. The minimum Gasteiger partial charge on any atom is -0.492 e. The Morgan fingerprint density at radius 1 is 1.41 bits per heavy atom. The first kappa shape index (κ1) is 12.8. The fourth-order valence-corrected chi connectivity index (χ4v) is 1.23. The van der Waals surface area contributed by atoms with Crippen molar-refractivity contribution in [2.75, 3.05) is 12.3 Å². The molecule has 0 aliphatic carbocycles. The summed E-state index contributed by atoms with van der Waals surface area (Å²) in [6.07, 6.45) is 1.77. The Hall–Kier alpha value is -2.30. The van der Waals surface area contributed by atoms with E-state index in [1.165, 1.54) is 12.1 Å². The summed E-state index contributed by atoms with van der Waals surface area (Å²) in [5, 5.41) is 8.39. The summed E-state index contributed by atoms with van der Waals surface area (Å²) in [5.74, 6) is -1.08. The Balaban J connectivity index is 2.89. The predicted octanol–water partition coefficient (Wildman–Crippen LogP) is 1.49. The number of ketones is 1. The van der Waals surface area contributed by atoms with E-state index in [9.17, 15) is 9.59 Å². The smallest absolute Gasteiger partial charge is 0.328 e. The lowest BCUT2D eigenvalue weighted by atomic mass is 10.1. The van der Waals surface area contributed by atoms with Crippen LogP contribution in [0.3, 0.4) is 0 Å². The van der Waals surface area contributed by atoms with E-state index in [2.05, 4.69) is 0 Å². The molecule has 0 bridgehead atoms. The SMILES string of the molecule is CCOc1ccc(C(=O)/C=C/C(=O)O)cc1N. The van der Waals surface area contributed by atoms with E-state index in [0.717, 1.165) is 12.2 Å². The van der Waals surface area contributed by atoms with Gasteiger partial charge in [0.05, 0.1) is 12.3 Å². The zero-order valence-corrected chi connectivity index (χ0v) is 9.34. The predicted molar refractivity (Wildman–Crippen MR) is 63.1 cm³/mol. The summed E-state index contributed by atoms with van der Waals surface area (Å²) >= 11 is 0. The Bertz CT molecular complexity index is 466. The molecule has 0 saturated carbocycles. The van der Waals surface area contributed by atoms with Gasteiger partial charge in [-0.2, -0.15) is 0 Å². The highest BCUT2D eigenvalue weighted by molar-refractivity contribution is 6.07. The number of aliphatic carboxylic acids is 1. The normalized spacial score (nSPS) is 10.4. The third-order valence-electron chi connectivity index (χ3n) is 1.97. The molecule has 3 N–H and O–H groups in total. The van der Waals surface area contributed by atoms with Gasteiger partial charge >= 0.3 is 5.97 Å². The number of nitrogen functional groups attached to an aromatic ring is 1. The van der Waals surface area contributed by atoms with E-state index in [4.69, 9.17) is 15.6 Å². The Labute approximate surface area is 98.5 Å². The van der Waals surface area contributed by atoms with Crippen molar-refractivity contribution in [3.8, 4) is 5.75 Å². The third-order valence-corrected chi connectivity index (χ3v) is 1.97. The Morgan fingerprint density at radius 2 is 2.12 bits per heavy atom. The van der Waals surface area contributed by atoms with Gasteiger partial charge in [0, 0.05) is 11.6 Å². The maximum absolute atomic E-state index is 11.5. The summed E-state index contributed by atoms with van der Waals surface area (Å²) in [5.41, 5.74) is 6.35. The topological polar surface area (TPSA) is 89.6 Å². The molecule has 0 spiro atoms. The molecule has 0 unspecified atom stereocenters. The number of ether oxygens (including phenoxy) is 1. The maximum atomic E-state index is 11.5. The molecule has 1 aromatic carbocycles. The fourth-order valence-electron chi connectivity index (χ4n) is 1.23. The minimum absolute atomic E-state index is 0.323. The zero-order valence-electron chi connectivity index (χ0n) is 9.34. The number of anilines is 1. The second kappa shape index (κ2) is 5.69. The van der Waals surface area contributed by atoms with Crippen molar-refractivity contribution in [1.29, 1.82) is 0 Å². The van der Waals surface area contributed by atoms with E-state index in [0.29, 0.717) is 23.6 Å². The molecule has 0 aliphatic heterocycles. The average molecular weight is 235 g/mol. The summed E-state index contributed by atoms with van der Waals surface area (Å²) in [4.78, 5) is 21.8. The number of hydrogen-bond donors (Lipinski definition) is 2. The van der Waals surface area contributed by atoms with Crippen molar-refractivity contribution in [3.63, 3.8) is 0 Å². The molecule has 5 heteroatoms. The first-order valence-electron chi connectivity index (χ1n) is 5.02. The van der Waals surface area contributed by atoms with Gasteiger partial charge in [0.25, 0.3) is 0 Å². The van der Waals surface area contributed by atoms with Crippen molar-refractivity contribution < 1.29 is 19.4 Å². The molecule has 17 heavy (non-hydrogen) atoms. The number of carbonyl (C=O) groups excluding carboxylic acids is 1. The van der Waals surface area contributed by atoms with E-state index in [1.54, 1.807) is 6.07 Å². The lowest BCUT2D eigenvalue weighted by molar-refractivity contribution is -0.131. The molecule has 0 heterocycles. The van der Waals surface area contributed by atoms with Gasteiger partial charge < -0.3 is 15.6 Å². The molecule has 0 saturated heterocycles. The van der Waals surface area contributed by atoms with E-state index in [1.807, 2.05) is 6.92 Å². The third kappa shape index (κ3) is 3.64. The van der Waals surface area contributed by atoms with Gasteiger partial charge in [-0.25, -0.2) is 4.79 Å². The van der Waals surface area contributed by atoms with Crippen molar-refractivity contribution >= 4 is 17.4 Å². The van der Waals surface area contributed by atoms with Crippen LogP contribution in [0.4, 0.5) is 5.69 Å². The maximum Gasteiger partial charge on any atom is 0.328 e. The largest absolute Gasteiger partial charge is 0.492 e. The summed E-state index contributed by atoms with van der Waals surface area (Å²) in [6.45, 7) is 2.31. The van der Waals surface area contributed by atoms with Crippen LogP contribution in [0, 0.1) is 0 Å². The van der Waals surface area contributed by atoms with Crippen molar-refractivity contribution in [1.82, 2.24) is 0 Å². The second-order valence-electron chi connectivity index (χ2n) is 3.22. The van der Waals surface area contributed by atoms with Crippen molar-refractivity contribution in [2.24, 2.45) is 0 Å². The minimum atomic E-state index is -1.17. The zero-order chi connectivity index (χ0) is 12.8. The fraction of sp³-hybridized carbons (Fsp3) is 0.167. The highest BCUT2D eigenvalue weighted by Crippen LogP contribution is 2.22. The van der Waals surface area contributed by atoms with Gasteiger partial charge in [-0.3, -0.25) is 4.79 Å². The summed E-state index contributed by atoms with van der Waals surface area (Å²) in [7, 11) is 0. The molecular formula is C12H13NO4. The number of carboxylic acids is 1. The van der Waals surface area contributed by atoms with Gasteiger partial charge in [-0.05, 0) is 31.2 Å². The second-order valence-corrected chi connectivity index (χ2v) is 3.22. The molecular weight excluding hydrogens is 222 g/mol. The standard InChI is InChI=1S/C12H13NO4/c1-2-17-11-5-3-8(7-9(11)13)10(14)4-6-12(15)16/h3-7H,2,13H2,1H3,(H,15,16)/b6-4+. The average Bonchev–Trinajstić information content (AvgIpc) is 2.28. The molecule has 0 radical (unpaired) electrons. The molecule has 0 atom stereocenters. The van der Waals surface area contributed by atoms with Crippen LogP contribution in [-0.2, 0) is 4.79 Å². The van der Waals surface area contributed by atoms with Crippen LogP contribution in [0.1, 0.15) is 17.3 Å². The van der Waals surface area contributed by atoms with Crippen LogP contribution >= 0.6 is 0 Å². The molecule has 1 aromatic rings. The Morgan fingerprint density at radius 3 is 2.65 bits per heavy atom. The molecule has 5 nitrogen and oxygen atoms in total. The summed E-state index contributed by atoms with van der Waals surface area (Å²) < 4.78 is 5.22. The van der Waals surface area contributed by atoms with Crippen LogP contribution in [0.15, 0.2) is 30.4 Å². The number of allylic oxidation sites excluding steroid dienone is 1. The van der Waals surface area contributed by atoms with Crippen LogP contribution in [0.2, 0.25) is 0 Å². The molecule has 0 amide bonds. The first-order chi connectivity index (χ1) is 8.04. The van der Waals surface area contributed by atoms with Crippen LogP contribution in [0.25, 0.3) is 0 Å². The summed E-state index contributed by atoms with van der Waals surface area (Å²) in [6, 6.07) is 4.58. The number of carboxylic acid groups (broad SMARTS) is 1. The number of carbonyl (C=O) groups is 2. The van der Waals surface area contributed by atoms with E-state index >= 15 is 0 Å².